The predicted molar refractivity (Wildman–Crippen MR) is 126 cm³/mol. The fourth-order valence-electron chi connectivity index (χ4n) is 5.20. The van der Waals surface area contributed by atoms with Crippen molar-refractivity contribution < 1.29 is 18.4 Å². The molecule has 2 aliphatic rings. The SMILES string of the molecule is C[C@]1(C(=O)NC2CCCCCC2)Cn2c(ccc2-c2ccco2)C(=O)N1Cc1ccc(F)cc1. The molecule has 178 valence electrons. The molecule has 1 N–H and O–H groups in total. The van der Waals surface area contributed by atoms with Gasteiger partial charge in [-0.1, -0.05) is 37.8 Å². The number of fused-ring (bicyclic) bond motifs is 1. The highest BCUT2D eigenvalue weighted by Crippen LogP contribution is 2.34. The monoisotopic (exact) mass is 463 g/mol. The van der Waals surface area contributed by atoms with Gasteiger partial charge in [0.1, 0.15) is 22.8 Å². The van der Waals surface area contributed by atoms with Crippen LogP contribution in [0.1, 0.15) is 61.5 Å². The molecule has 34 heavy (non-hydrogen) atoms. The van der Waals surface area contributed by atoms with E-state index < -0.39 is 5.54 Å². The number of carbonyl (C=O) groups is 2. The number of nitrogens with one attached hydrogen (secondary N) is 1. The van der Waals surface area contributed by atoms with Crippen LogP contribution in [0.4, 0.5) is 4.39 Å². The number of hydrogen-bond acceptors (Lipinski definition) is 3. The number of hydrogen-bond donors (Lipinski definition) is 1. The van der Waals surface area contributed by atoms with E-state index in [9.17, 15) is 14.0 Å². The van der Waals surface area contributed by atoms with Crippen LogP contribution >= 0.6 is 0 Å². The quantitative estimate of drug-likeness (QED) is 0.533. The zero-order valence-electron chi connectivity index (χ0n) is 19.4. The Kier molecular flexibility index (Phi) is 6.02. The van der Waals surface area contributed by atoms with Gasteiger partial charge in [-0.3, -0.25) is 9.59 Å². The topological polar surface area (TPSA) is 67.5 Å². The van der Waals surface area contributed by atoms with E-state index >= 15 is 0 Å². The van der Waals surface area contributed by atoms with Crippen LogP contribution in [0.25, 0.3) is 11.5 Å². The summed E-state index contributed by atoms with van der Waals surface area (Å²) in [6.07, 6.45) is 8.10. The summed E-state index contributed by atoms with van der Waals surface area (Å²) < 4.78 is 21.0. The van der Waals surface area contributed by atoms with Gasteiger partial charge in [0.2, 0.25) is 5.91 Å². The number of benzene rings is 1. The van der Waals surface area contributed by atoms with Crippen molar-refractivity contribution in [1.29, 1.82) is 0 Å². The highest BCUT2D eigenvalue weighted by Gasteiger charge is 2.48. The lowest BCUT2D eigenvalue weighted by Gasteiger charge is -2.45. The van der Waals surface area contributed by atoms with E-state index in [1.165, 1.54) is 25.0 Å². The highest BCUT2D eigenvalue weighted by molar-refractivity contribution is 6.00. The molecule has 3 aromatic rings. The number of halogens is 1. The fraction of sp³-hybridized carbons (Fsp3) is 0.407. The van der Waals surface area contributed by atoms with Gasteiger partial charge in [0.05, 0.1) is 18.5 Å². The lowest BCUT2D eigenvalue weighted by molar-refractivity contribution is -0.134. The van der Waals surface area contributed by atoms with Crippen LogP contribution in [0, 0.1) is 5.82 Å². The second-order valence-corrected chi connectivity index (χ2v) is 9.62. The summed E-state index contributed by atoms with van der Waals surface area (Å²) in [6, 6.07) is 13.5. The van der Waals surface area contributed by atoms with Crippen LogP contribution in [-0.2, 0) is 17.9 Å². The Morgan fingerprint density at radius 2 is 1.76 bits per heavy atom. The number of nitrogens with zero attached hydrogens (tertiary/aromatic N) is 2. The van der Waals surface area contributed by atoms with Crippen molar-refractivity contribution in [2.75, 3.05) is 0 Å². The van der Waals surface area contributed by atoms with E-state index in [1.54, 1.807) is 35.4 Å². The maximum atomic E-state index is 13.8. The van der Waals surface area contributed by atoms with Crippen LogP contribution < -0.4 is 5.32 Å². The van der Waals surface area contributed by atoms with E-state index in [2.05, 4.69) is 5.32 Å². The molecule has 3 heterocycles. The van der Waals surface area contributed by atoms with Crippen molar-refractivity contribution in [2.24, 2.45) is 0 Å². The number of aromatic nitrogens is 1. The van der Waals surface area contributed by atoms with Gasteiger partial charge < -0.3 is 19.2 Å². The maximum absolute atomic E-state index is 13.8. The minimum atomic E-state index is -1.12. The number of carbonyl (C=O) groups excluding carboxylic acids is 2. The van der Waals surface area contributed by atoms with Crippen LogP contribution in [0.5, 0.6) is 0 Å². The Balaban J connectivity index is 1.51. The van der Waals surface area contributed by atoms with Gasteiger partial charge >= 0.3 is 0 Å². The van der Waals surface area contributed by atoms with Crippen molar-refractivity contribution in [3.8, 4) is 11.5 Å². The molecule has 7 heteroatoms. The van der Waals surface area contributed by atoms with Gasteiger partial charge in [-0.05, 0) is 61.7 Å². The zero-order valence-corrected chi connectivity index (χ0v) is 19.4. The standard InChI is InChI=1S/C27H30FN3O3/c1-27(26(33)29-21-7-4-2-3-5-8-21)18-30-22(24-9-6-16-34-24)14-15-23(30)25(32)31(27)17-19-10-12-20(28)13-11-19/h6,9-16,21H,2-5,7-8,17-18H2,1H3,(H,29,33)/t27-/m1/s1. The molecule has 0 unspecified atom stereocenters. The Labute approximate surface area is 198 Å². The van der Waals surface area contributed by atoms with Gasteiger partial charge in [-0.15, -0.1) is 0 Å². The lowest BCUT2D eigenvalue weighted by Crippen LogP contribution is -2.64. The van der Waals surface area contributed by atoms with Crippen LogP contribution in [0.2, 0.25) is 0 Å². The number of rotatable bonds is 5. The summed E-state index contributed by atoms with van der Waals surface area (Å²) >= 11 is 0. The van der Waals surface area contributed by atoms with Crippen molar-refractivity contribution in [3.05, 3.63) is 71.9 Å². The molecule has 6 nitrogen and oxygen atoms in total. The summed E-state index contributed by atoms with van der Waals surface area (Å²) in [5.41, 5.74) is 0.927. The second kappa shape index (κ2) is 9.12. The third kappa shape index (κ3) is 4.15. The minimum absolute atomic E-state index is 0.116. The van der Waals surface area contributed by atoms with Gasteiger partial charge in [-0.2, -0.15) is 0 Å². The third-order valence-corrected chi connectivity index (χ3v) is 7.21. The first kappa shape index (κ1) is 22.4. The molecular formula is C27H30FN3O3. The molecule has 0 bridgehead atoms. The Bertz CT molecular complexity index is 1160. The van der Waals surface area contributed by atoms with Crippen molar-refractivity contribution in [2.45, 2.75) is 70.1 Å². The van der Waals surface area contributed by atoms with E-state index in [1.807, 2.05) is 23.6 Å². The van der Waals surface area contributed by atoms with Crippen LogP contribution in [0.3, 0.4) is 0 Å². The molecule has 1 fully saturated rings. The Morgan fingerprint density at radius 1 is 1.06 bits per heavy atom. The predicted octanol–water partition coefficient (Wildman–Crippen LogP) is 5.14. The van der Waals surface area contributed by atoms with Crippen LogP contribution in [-0.4, -0.2) is 32.9 Å². The highest BCUT2D eigenvalue weighted by atomic mass is 19.1. The average molecular weight is 464 g/mol. The summed E-state index contributed by atoms with van der Waals surface area (Å²) in [6.45, 7) is 2.35. The minimum Gasteiger partial charge on any atom is -0.463 e. The molecule has 1 aliphatic heterocycles. The molecule has 0 spiro atoms. The molecule has 2 amide bonds. The smallest absolute Gasteiger partial charge is 0.271 e. The van der Waals surface area contributed by atoms with Crippen molar-refractivity contribution >= 4 is 11.8 Å². The summed E-state index contributed by atoms with van der Waals surface area (Å²) in [5.74, 6) is -0.0661. The maximum Gasteiger partial charge on any atom is 0.271 e. The summed E-state index contributed by atoms with van der Waals surface area (Å²) in [5, 5.41) is 3.26. The lowest BCUT2D eigenvalue weighted by atomic mass is 9.92. The Morgan fingerprint density at radius 3 is 2.44 bits per heavy atom. The molecule has 0 saturated heterocycles. The van der Waals surface area contributed by atoms with Gasteiger partial charge in [0.15, 0.2) is 0 Å². The third-order valence-electron chi connectivity index (χ3n) is 7.21. The average Bonchev–Trinajstić information content (AvgIpc) is 3.43. The van der Waals surface area contributed by atoms with Crippen LogP contribution in [0.15, 0.2) is 59.2 Å². The van der Waals surface area contributed by atoms with E-state index in [0.29, 0.717) is 18.0 Å². The van der Waals surface area contributed by atoms with E-state index in [0.717, 1.165) is 36.9 Å². The summed E-state index contributed by atoms with van der Waals surface area (Å²) in [4.78, 5) is 29.2. The first-order chi connectivity index (χ1) is 16.5. The van der Waals surface area contributed by atoms with Gasteiger partial charge in [-0.25, -0.2) is 4.39 Å². The largest absolute Gasteiger partial charge is 0.463 e. The van der Waals surface area contributed by atoms with Crippen molar-refractivity contribution in [3.63, 3.8) is 0 Å². The van der Waals surface area contributed by atoms with E-state index in [4.69, 9.17) is 4.42 Å². The normalized spacial score (nSPS) is 21.2. The molecule has 0 radical (unpaired) electrons. The fourth-order valence-corrected chi connectivity index (χ4v) is 5.20. The van der Waals surface area contributed by atoms with Gasteiger partial charge in [0, 0.05) is 12.6 Å². The number of amides is 2. The molecular weight excluding hydrogens is 433 g/mol. The molecule has 1 atom stereocenters. The molecule has 1 aliphatic carbocycles. The molecule has 1 aromatic carbocycles. The van der Waals surface area contributed by atoms with Gasteiger partial charge in [0.25, 0.3) is 5.91 Å². The second-order valence-electron chi connectivity index (χ2n) is 9.62. The van der Waals surface area contributed by atoms with Crippen molar-refractivity contribution in [1.82, 2.24) is 14.8 Å². The Hall–Kier alpha value is -3.35. The molecule has 1 saturated carbocycles. The first-order valence-electron chi connectivity index (χ1n) is 12.1. The first-order valence-corrected chi connectivity index (χ1v) is 12.1. The summed E-state index contributed by atoms with van der Waals surface area (Å²) in [7, 11) is 0. The number of furan rings is 1. The molecule has 5 rings (SSSR count). The zero-order chi connectivity index (χ0) is 23.7. The molecule has 2 aromatic heterocycles. The van der Waals surface area contributed by atoms with E-state index in [-0.39, 0.29) is 30.2 Å².